The van der Waals surface area contributed by atoms with Gasteiger partial charge in [0.15, 0.2) is 0 Å². The van der Waals surface area contributed by atoms with Crippen molar-refractivity contribution in [1.82, 2.24) is 5.32 Å². The summed E-state index contributed by atoms with van der Waals surface area (Å²) in [4.78, 5) is 11.6. The molecule has 1 atom stereocenters. The summed E-state index contributed by atoms with van der Waals surface area (Å²) in [6.45, 7) is 1.72. The van der Waals surface area contributed by atoms with Gasteiger partial charge in [0.25, 0.3) is 0 Å². The van der Waals surface area contributed by atoms with Crippen LogP contribution >= 0.6 is 12.4 Å². The molecule has 4 nitrogen and oxygen atoms in total. The van der Waals surface area contributed by atoms with Crippen LogP contribution in [-0.2, 0) is 4.74 Å². The minimum Gasteiger partial charge on any atom is -0.493 e. The minimum absolute atomic E-state index is 0. The zero-order valence-electron chi connectivity index (χ0n) is 11.8. The van der Waals surface area contributed by atoms with E-state index in [0.717, 1.165) is 13.0 Å². The Kier molecular flexibility index (Phi) is 7.41. The lowest BCUT2D eigenvalue weighted by molar-refractivity contribution is 0.0596. The van der Waals surface area contributed by atoms with Crippen molar-refractivity contribution in [3.63, 3.8) is 0 Å². The second kappa shape index (κ2) is 8.82. The van der Waals surface area contributed by atoms with Gasteiger partial charge in [0.2, 0.25) is 0 Å². The number of esters is 1. The molecule has 1 saturated heterocycles. The van der Waals surface area contributed by atoms with E-state index in [4.69, 9.17) is 9.47 Å². The highest BCUT2D eigenvalue weighted by Gasteiger charge is 2.14. The van der Waals surface area contributed by atoms with Gasteiger partial charge in [0.05, 0.1) is 13.7 Å². The van der Waals surface area contributed by atoms with Crippen molar-refractivity contribution < 1.29 is 14.3 Å². The number of piperidine rings is 1. The molecule has 1 aromatic rings. The number of para-hydroxylation sites is 1. The Morgan fingerprint density at radius 2 is 2.15 bits per heavy atom. The van der Waals surface area contributed by atoms with Crippen LogP contribution in [0.3, 0.4) is 0 Å². The average Bonchev–Trinajstić information content (AvgIpc) is 2.48. The van der Waals surface area contributed by atoms with E-state index in [9.17, 15) is 4.79 Å². The maximum Gasteiger partial charge on any atom is 0.341 e. The van der Waals surface area contributed by atoms with E-state index in [2.05, 4.69) is 5.32 Å². The lowest BCUT2D eigenvalue weighted by atomic mass is 10.0. The van der Waals surface area contributed by atoms with Crippen LogP contribution in [0, 0.1) is 0 Å². The van der Waals surface area contributed by atoms with Gasteiger partial charge in [0.1, 0.15) is 11.3 Å². The van der Waals surface area contributed by atoms with Crippen molar-refractivity contribution in [2.24, 2.45) is 0 Å². The number of hydrogen-bond acceptors (Lipinski definition) is 4. The van der Waals surface area contributed by atoms with Crippen LogP contribution < -0.4 is 10.1 Å². The topological polar surface area (TPSA) is 47.6 Å². The number of carbonyl (C=O) groups is 1. The number of methoxy groups -OCH3 is 1. The number of hydrogen-bond donors (Lipinski definition) is 1. The third-order valence-corrected chi connectivity index (χ3v) is 3.43. The third kappa shape index (κ3) is 4.69. The van der Waals surface area contributed by atoms with Crippen LogP contribution in [0.15, 0.2) is 24.3 Å². The Labute approximate surface area is 126 Å². The fraction of sp³-hybridized carbons (Fsp3) is 0.533. The summed E-state index contributed by atoms with van der Waals surface area (Å²) in [5.41, 5.74) is 0.488. The van der Waals surface area contributed by atoms with E-state index in [1.807, 2.05) is 12.1 Å². The fourth-order valence-electron chi connectivity index (χ4n) is 2.35. The summed E-state index contributed by atoms with van der Waals surface area (Å²) >= 11 is 0. The standard InChI is InChI=1S/C15H21NO3.ClH/c1-18-15(17)13-7-2-3-8-14(13)19-11-9-12-6-4-5-10-16-12;/h2-3,7-8,12,16H,4-6,9-11H2,1H3;1H. The molecule has 1 heterocycles. The number of carbonyl (C=O) groups excluding carboxylic acids is 1. The van der Waals surface area contributed by atoms with Gasteiger partial charge >= 0.3 is 5.97 Å². The Morgan fingerprint density at radius 3 is 2.85 bits per heavy atom. The molecule has 2 rings (SSSR count). The first-order valence-electron chi connectivity index (χ1n) is 6.85. The zero-order chi connectivity index (χ0) is 13.5. The summed E-state index contributed by atoms with van der Waals surface area (Å²) in [5, 5.41) is 3.48. The van der Waals surface area contributed by atoms with Gasteiger partial charge in [-0.3, -0.25) is 0 Å². The molecule has 0 bridgehead atoms. The van der Waals surface area contributed by atoms with E-state index in [0.29, 0.717) is 24.0 Å². The van der Waals surface area contributed by atoms with Gasteiger partial charge in [-0.1, -0.05) is 18.6 Å². The Hall–Kier alpha value is -1.26. The molecule has 5 heteroatoms. The van der Waals surface area contributed by atoms with E-state index >= 15 is 0 Å². The SMILES string of the molecule is COC(=O)c1ccccc1OCCC1CCCCN1.Cl. The van der Waals surface area contributed by atoms with Gasteiger partial charge in [-0.15, -0.1) is 12.4 Å². The normalized spacial score (nSPS) is 17.9. The van der Waals surface area contributed by atoms with Crippen LogP contribution in [-0.4, -0.2) is 32.3 Å². The van der Waals surface area contributed by atoms with E-state index in [1.165, 1.54) is 26.4 Å². The number of halogens is 1. The maximum absolute atomic E-state index is 11.6. The van der Waals surface area contributed by atoms with Crippen LogP contribution in [0.4, 0.5) is 0 Å². The fourth-order valence-corrected chi connectivity index (χ4v) is 2.35. The number of benzene rings is 1. The Balaban J connectivity index is 0.00000200. The van der Waals surface area contributed by atoms with Gasteiger partial charge in [-0.2, -0.15) is 0 Å². The van der Waals surface area contributed by atoms with Crippen molar-refractivity contribution in [3.05, 3.63) is 29.8 Å². The number of rotatable bonds is 5. The molecular formula is C15H22ClNO3. The Bertz CT molecular complexity index is 419. The second-order valence-corrected chi connectivity index (χ2v) is 4.77. The first-order chi connectivity index (χ1) is 9.31. The Morgan fingerprint density at radius 1 is 1.35 bits per heavy atom. The highest BCUT2D eigenvalue weighted by Crippen LogP contribution is 2.19. The quantitative estimate of drug-likeness (QED) is 0.849. The summed E-state index contributed by atoms with van der Waals surface area (Å²) in [6.07, 6.45) is 4.73. The van der Waals surface area contributed by atoms with Gasteiger partial charge < -0.3 is 14.8 Å². The summed E-state index contributed by atoms with van der Waals surface area (Å²) < 4.78 is 10.5. The summed E-state index contributed by atoms with van der Waals surface area (Å²) in [6, 6.07) is 7.74. The van der Waals surface area contributed by atoms with Gasteiger partial charge in [0, 0.05) is 6.04 Å². The van der Waals surface area contributed by atoms with Crippen molar-refractivity contribution in [2.45, 2.75) is 31.7 Å². The number of nitrogens with one attached hydrogen (secondary N) is 1. The molecule has 1 aliphatic rings. The third-order valence-electron chi connectivity index (χ3n) is 3.43. The molecule has 1 aromatic carbocycles. The molecule has 20 heavy (non-hydrogen) atoms. The van der Waals surface area contributed by atoms with Gasteiger partial charge in [-0.05, 0) is 37.9 Å². The predicted octanol–water partition coefficient (Wildman–Crippen LogP) is 2.81. The largest absolute Gasteiger partial charge is 0.493 e. The molecule has 1 aliphatic heterocycles. The second-order valence-electron chi connectivity index (χ2n) is 4.77. The maximum atomic E-state index is 11.6. The first-order valence-corrected chi connectivity index (χ1v) is 6.85. The summed E-state index contributed by atoms with van der Waals surface area (Å²) in [7, 11) is 1.38. The van der Waals surface area contributed by atoms with Crippen LogP contribution in [0.1, 0.15) is 36.0 Å². The average molecular weight is 300 g/mol. The molecule has 0 amide bonds. The molecule has 0 aromatic heterocycles. The lowest BCUT2D eigenvalue weighted by Crippen LogP contribution is -2.35. The highest BCUT2D eigenvalue weighted by molar-refractivity contribution is 5.92. The molecule has 0 radical (unpaired) electrons. The van der Waals surface area contributed by atoms with E-state index in [-0.39, 0.29) is 18.4 Å². The molecule has 112 valence electrons. The van der Waals surface area contributed by atoms with E-state index in [1.54, 1.807) is 12.1 Å². The first kappa shape index (κ1) is 16.8. The summed E-state index contributed by atoms with van der Waals surface area (Å²) in [5.74, 6) is 0.247. The van der Waals surface area contributed by atoms with Gasteiger partial charge in [-0.25, -0.2) is 4.79 Å². The van der Waals surface area contributed by atoms with Crippen molar-refractivity contribution in [3.8, 4) is 5.75 Å². The molecule has 0 saturated carbocycles. The molecule has 1 fully saturated rings. The van der Waals surface area contributed by atoms with Crippen LogP contribution in [0.5, 0.6) is 5.75 Å². The zero-order valence-corrected chi connectivity index (χ0v) is 12.6. The molecule has 0 aliphatic carbocycles. The number of ether oxygens (including phenoxy) is 2. The lowest BCUT2D eigenvalue weighted by Gasteiger charge is -2.23. The highest BCUT2D eigenvalue weighted by atomic mass is 35.5. The molecule has 1 unspecified atom stereocenters. The van der Waals surface area contributed by atoms with Crippen LogP contribution in [0.25, 0.3) is 0 Å². The molecule has 0 spiro atoms. The van der Waals surface area contributed by atoms with Crippen LogP contribution in [0.2, 0.25) is 0 Å². The molecule has 1 N–H and O–H groups in total. The minimum atomic E-state index is -0.355. The van der Waals surface area contributed by atoms with Crippen molar-refractivity contribution in [1.29, 1.82) is 0 Å². The van der Waals surface area contributed by atoms with Crippen molar-refractivity contribution >= 4 is 18.4 Å². The molecular weight excluding hydrogens is 278 g/mol. The monoisotopic (exact) mass is 299 g/mol. The predicted molar refractivity (Wildman–Crippen MR) is 80.8 cm³/mol. The van der Waals surface area contributed by atoms with Crippen molar-refractivity contribution in [2.75, 3.05) is 20.3 Å². The van der Waals surface area contributed by atoms with E-state index < -0.39 is 0 Å². The smallest absolute Gasteiger partial charge is 0.341 e.